The molecule has 0 aliphatic rings. The fourth-order valence-electron chi connectivity index (χ4n) is 1.10. The Morgan fingerprint density at radius 2 is 1.89 bits per heavy atom. The largest absolute Gasteiger partial charge is 0.477 e. The van der Waals surface area contributed by atoms with E-state index in [1.54, 1.807) is 6.07 Å². The van der Waals surface area contributed by atoms with Crippen molar-refractivity contribution in [3.05, 3.63) is 39.9 Å². The highest BCUT2D eigenvalue weighted by Crippen LogP contribution is 2.18. The second-order valence-corrected chi connectivity index (χ2v) is 3.72. The number of carboxylic acids is 1. The lowest BCUT2D eigenvalue weighted by atomic mass is 10.1. The van der Waals surface area contributed by atoms with E-state index in [1.807, 2.05) is 0 Å². The van der Waals surface area contributed by atoms with Gasteiger partial charge in [-0.25, -0.2) is 4.79 Å². The Hall–Kier alpha value is -2.55. The van der Waals surface area contributed by atoms with Gasteiger partial charge in [-0.1, -0.05) is 18.2 Å². The zero-order valence-corrected chi connectivity index (χ0v) is 10.5. The summed E-state index contributed by atoms with van der Waals surface area (Å²) in [5.74, 6) is -1.37. The first-order chi connectivity index (χ1) is 8.75. The maximum absolute atomic E-state index is 10.6. The fourth-order valence-corrected chi connectivity index (χ4v) is 1.10. The maximum atomic E-state index is 10.6. The van der Waals surface area contributed by atoms with Crippen molar-refractivity contribution >= 4 is 34.7 Å². The van der Waals surface area contributed by atoms with Crippen LogP contribution in [-0.4, -0.2) is 26.8 Å². The zero-order chi connectivity index (χ0) is 15.0. The normalized spacial score (nSPS) is 8.84. The third-order valence-corrected chi connectivity index (χ3v) is 1.81. The first kappa shape index (κ1) is 16.4. The molecule has 19 heavy (non-hydrogen) atoms. The van der Waals surface area contributed by atoms with Crippen molar-refractivity contribution in [1.29, 1.82) is 5.41 Å². The number of aliphatic carboxylic acids is 1. The average molecular weight is 284 g/mol. The van der Waals surface area contributed by atoms with Gasteiger partial charge in [-0.2, -0.15) is 0 Å². The smallest absolute Gasteiger partial charge is 0.349 e. The van der Waals surface area contributed by atoms with E-state index in [0.717, 1.165) is 0 Å². The molecule has 0 aliphatic heterocycles. The summed E-state index contributed by atoms with van der Waals surface area (Å²) in [6, 6.07) is 5.78. The van der Waals surface area contributed by atoms with E-state index in [9.17, 15) is 14.9 Å². The molecule has 0 bridgehead atoms. The summed E-state index contributed by atoms with van der Waals surface area (Å²) in [6.45, 7) is 0. The lowest BCUT2D eigenvalue weighted by Crippen LogP contribution is -2.18. The van der Waals surface area contributed by atoms with Crippen molar-refractivity contribution in [3.8, 4) is 0 Å². The number of nitrogens with zero attached hydrogens (tertiary/aromatic N) is 1. The number of carbonyl (C=O) groups is 1. The SMILES string of the molecule is N=C(Cc1ccccc1[N+](=O)[O-])C(=O)O.NC(N)=S. The summed E-state index contributed by atoms with van der Waals surface area (Å²) in [6.07, 6.45) is -0.244. The van der Waals surface area contributed by atoms with Crippen molar-refractivity contribution < 1.29 is 14.8 Å². The van der Waals surface area contributed by atoms with Gasteiger partial charge in [0.2, 0.25) is 0 Å². The highest BCUT2D eigenvalue weighted by molar-refractivity contribution is 7.80. The van der Waals surface area contributed by atoms with Crippen LogP contribution in [0, 0.1) is 15.5 Å². The van der Waals surface area contributed by atoms with Crippen LogP contribution in [0.25, 0.3) is 0 Å². The molecule has 0 spiro atoms. The predicted molar refractivity (Wildman–Crippen MR) is 73.1 cm³/mol. The minimum Gasteiger partial charge on any atom is -0.477 e. The quantitative estimate of drug-likeness (QED) is 0.270. The highest BCUT2D eigenvalue weighted by atomic mass is 32.1. The number of hydrogen-bond donors (Lipinski definition) is 4. The van der Waals surface area contributed by atoms with Gasteiger partial charge >= 0.3 is 5.97 Å². The van der Waals surface area contributed by atoms with Crippen molar-refractivity contribution in [2.24, 2.45) is 11.5 Å². The van der Waals surface area contributed by atoms with Gasteiger partial charge in [0.1, 0.15) is 5.71 Å². The number of nitro benzene ring substituents is 1. The highest BCUT2D eigenvalue weighted by Gasteiger charge is 2.16. The molecule has 8 nitrogen and oxygen atoms in total. The van der Waals surface area contributed by atoms with Gasteiger partial charge in [0, 0.05) is 18.1 Å². The van der Waals surface area contributed by atoms with Gasteiger partial charge in [-0.15, -0.1) is 0 Å². The van der Waals surface area contributed by atoms with E-state index in [0.29, 0.717) is 0 Å². The number of rotatable bonds is 4. The van der Waals surface area contributed by atoms with Gasteiger partial charge in [0.25, 0.3) is 5.69 Å². The van der Waals surface area contributed by atoms with Crippen LogP contribution in [-0.2, 0) is 11.2 Å². The van der Waals surface area contributed by atoms with Crippen molar-refractivity contribution in [3.63, 3.8) is 0 Å². The lowest BCUT2D eigenvalue weighted by Gasteiger charge is -2.00. The van der Waals surface area contributed by atoms with E-state index >= 15 is 0 Å². The fraction of sp³-hybridized carbons (Fsp3) is 0.100. The first-order valence-electron chi connectivity index (χ1n) is 4.83. The Bertz CT molecular complexity index is 514. The average Bonchev–Trinajstić information content (AvgIpc) is 2.28. The van der Waals surface area contributed by atoms with Crippen LogP contribution in [0.2, 0.25) is 0 Å². The van der Waals surface area contributed by atoms with Gasteiger partial charge < -0.3 is 16.6 Å². The molecule has 102 valence electrons. The Morgan fingerprint density at radius 1 is 1.42 bits per heavy atom. The topological polar surface area (TPSA) is 156 Å². The van der Waals surface area contributed by atoms with Crippen molar-refractivity contribution in [2.45, 2.75) is 6.42 Å². The zero-order valence-electron chi connectivity index (χ0n) is 9.70. The Kier molecular flexibility index (Phi) is 6.68. The van der Waals surface area contributed by atoms with Crippen molar-refractivity contribution in [1.82, 2.24) is 0 Å². The third kappa shape index (κ3) is 6.68. The molecular weight excluding hydrogens is 272 g/mol. The number of carboxylic acid groups (broad SMARTS) is 1. The number of nitro groups is 1. The third-order valence-electron chi connectivity index (χ3n) is 1.81. The number of hydrogen-bond acceptors (Lipinski definition) is 5. The molecule has 0 aliphatic carbocycles. The van der Waals surface area contributed by atoms with Crippen LogP contribution in [0.1, 0.15) is 5.56 Å². The monoisotopic (exact) mass is 284 g/mol. The predicted octanol–water partition coefficient (Wildman–Crippen LogP) is 0.430. The Labute approximate surface area is 113 Å². The van der Waals surface area contributed by atoms with E-state index in [4.69, 9.17) is 10.5 Å². The second kappa shape index (κ2) is 7.71. The molecule has 0 atom stereocenters. The molecule has 1 aromatic carbocycles. The summed E-state index contributed by atoms with van der Waals surface area (Å²) < 4.78 is 0. The summed E-state index contributed by atoms with van der Waals surface area (Å²) in [4.78, 5) is 20.4. The molecular formula is C10H12N4O4S. The summed E-state index contributed by atoms with van der Waals surface area (Å²) in [7, 11) is 0. The molecule has 0 saturated heterocycles. The lowest BCUT2D eigenvalue weighted by molar-refractivity contribution is -0.385. The van der Waals surface area contributed by atoms with Gasteiger partial charge in [-0.3, -0.25) is 15.5 Å². The minimum absolute atomic E-state index is 0.000000000000000222. The molecule has 0 unspecified atom stereocenters. The number of para-hydroxylation sites is 1. The number of nitrogens with one attached hydrogen (secondary N) is 1. The Balaban J connectivity index is 0.000000711. The standard InChI is InChI=1S/C9H8N2O4.CH4N2S/c10-7(9(12)13)5-6-3-1-2-4-8(6)11(14)15;2-1(3)4/h1-4,10H,5H2,(H,12,13);(H4,2,3,4). The van der Waals surface area contributed by atoms with Crippen LogP contribution in [0.3, 0.4) is 0 Å². The van der Waals surface area contributed by atoms with Crippen LogP contribution in [0.5, 0.6) is 0 Å². The van der Waals surface area contributed by atoms with Crippen molar-refractivity contribution in [2.75, 3.05) is 0 Å². The molecule has 6 N–H and O–H groups in total. The molecule has 0 aromatic heterocycles. The van der Waals surface area contributed by atoms with Gasteiger partial charge in [0.05, 0.1) is 4.92 Å². The first-order valence-corrected chi connectivity index (χ1v) is 5.24. The molecule has 9 heteroatoms. The maximum Gasteiger partial charge on any atom is 0.349 e. The number of benzene rings is 1. The van der Waals surface area contributed by atoms with Crippen LogP contribution >= 0.6 is 12.2 Å². The molecule has 0 heterocycles. The summed E-state index contributed by atoms with van der Waals surface area (Å²) in [5.41, 5.74) is 8.74. The molecule has 1 aromatic rings. The van der Waals surface area contributed by atoms with Crippen LogP contribution in [0.15, 0.2) is 24.3 Å². The van der Waals surface area contributed by atoms with Crippen LogP contribution in [0.4, 0.5) is 5.69 Å². The van der Waals surface area contributed by atoms with E-state index in [2.05, 4.69) is 23.7 Å². The molecule has 0 radical (unpaired) electrons. The van der Waals surface area contributed by atoms with E-state index in [1.165, 1.54) is 18.2 Å². The van der Waals surface area contributed by atoms with Gasteiger partial charge in [0.15, 0.2) is 5.11 Å². The van der Waals surface area contributed by atoms with E-state index < -0.39 is 16.6 Å². The summed E-state index contributed by atoms with van der Waals surface area (Å²) in [5, 5.41) is 26.1. The molecule has 0 saturated carbocycles. The van der Waals surface area contributed by atoms with Crippen LogP contribution < -0.4 is 11.5 Å². The van der Waals surface area contributed by atoms with Gasteiger partial charge in [-0.05, 0) is 12.2 Å². The molecule has 0 amide bonds. The number of nitrogens with two attached hydrogens (primary N) is 2. The van der Waals surface area contributed by atoms with E-state index in [-0.39, 0.29) is 22.8 Å². The minimum atomic E-state index is -1.37. The number of thiocarbonyl (C=S) groups is 1. The molecule has 0 fully saturated rings. The molecule has 1 rings (SSSR count). The summed E-state index contributed by atoms with van der Waals surface area (Å²) >= 11 is 4.09. The Morgan fingerprint density at radius 3 is 2.32 bits per heavy atom. The second-order valence-electron chi connectivity index (χ2n) is 3.25.